The first-order valence-electron chi connectivity index (χ1n) is 4.04. The molecule has 0 radical (unpaired) electrons. The number of phenolic OH excluding ortho intramolecular Hbond substituents is 2. The van der Waals surface area contributed by atoms with Crippen molar-refractivity contribution >= 4 is 0 Å². The molecule has 0 heterocycles. The van der Waals surface area contributed by atoms with Crippen molar-refractivity contribution in [1.29, 1.82) is 0 Å². The SMILES string of the molecule is NC1(c2c(O)ccc(O)c2F)CC1. The van der Waals surface area contributed by atoms with Crippen molar-refractivity contribution in [2.24, 2.45) is 5.73 Å². The number of hydrogen-bond donors (Lipinski definition) is 3. The summed E-state index contributed by atoms with van der Waals surface area (Å²) in [5.74, 6) is -1.46. The lowest BCUT2D eigenvalue weighted by atomic mass is 10.0. The summed E-state index contributed by atoms with van der Waals surface area (Å²) in [7, 11) is 0. The Kier molecular flexibility index (Phi) is 1.51. The van der Waals surface area contributed by atoms with Crippen molar-refractivity contribution in [3.05, 3.63) is 23.5 Å². The average molecular weight is 183 g/mol. The zero-order valence-corrected chi connectivity index (χ0v) is 6.92. The third-order valence-corrected chi connectivity index (χ3v) is 2.39. The molecule has 3 nitrogen and oxygen atoms in total. The molecule has 0 bridgehead atoms. The van der Waals surface area contributed by atoms with Crippen molar-refractivity contribution in [2.75, 3.05) is 0 Å². The first kappa shape index (κ1) is 8.31. The van der Waals surface area contributed by atoms with Crippen LogP contribution in [0.4, 0.5) is 4.39 Å². The summed E-state index contributed by atoms with van der Waals surface area (Å²) in [6, 6.07) is 2.36. The summed E-state index contributed by atoms with van der Waals surface area (Å²) in [6.45, 7) is 0. The number of phenols is 2. The lowest BCUT2D eigenvalue weighted by Gasteiger charge is -2.12. The minimum absolute atomic E-state index is 0.0347. The van der Waals surface area contributed by atoms with Gasteiger partial charge in [-0.25, -0.2) is 4.39 Å². The molecule has 4 heteroatoms. The van der Waals surface area contributed by atoms with Crippen molar-refractivity contribution in [2.45, 2.75) is 18.4 Å². The number of aromatic hydroxyl groups is 2. The number of benzene rings is 1. The first-order chi connectivity index (χ1) is 6.04. The van der Waals surface area contributed by atoms with E-state index < -0.39 is 17.1 Å². The molecular weight excluding hydrogens is 173 g/mol. The highest BCUT2D eigenvalue weighted by Crippen LogP contribution is 2.48. The van der Waals surface area contributed by atoms with Crippen LogP contribution in [0.2, 0.25) is 0 Å². The molecule has 1 aromatic carbocycles. The van der Waals surface area contributed by atoms with Gasteiger partial charge < -0.3 is 15.9 Å². The molecular formula is C9H10FNO2. The van der Waals surface area contributed by atoms with Crippen LogP contribution in [0.25, 0.3) is 0 Å². The molecule has 1 saturated carbocycles. The van der Waals surface area contributed by atoms with Gasteiger partial charge in [0.05, 0.1) is 5.56 Å². The van der Waals surface area contributed by atoms with E-state index in [1.165, 1.54) is 6.07 Å². The Morgan fingerprint density at radius 3 is 2.31 bits per heavy atom. The third-order valence-electron chi connectivity index (χ3n) is 2.39. The number of hydrogen-bond acceptors (Lipinski definition) is 3. The van der Waals surface area contributed by atoms with Crippen LogP contribution in [0, 0.1) is 5.82 Å². The highest BCUT2D eigenvalue weighted by atomic mass is 19.1. The largest absolute Gasteiger partial charge is 0.507 e. The van der Waals surface area contributed by atoms with E-state index in [-0.39, 0.29) is 11.3 Å². The molecule has 0 aromatic heterocycles. The van der Waals surface area contributed by atoms with E-state index in [2.05, 4.69) is 0 Å². The Hall–Kier alpha value is -1.29. The molecule has 1 fully saturated rings. The van der Waals surface area contributed by atoms with E-state index in [0.29, 0.717) is 12.8 Å². The Morgan fingerprint density at radius 1 is 1.23 bits per heavy atom. The monoisotopic (exact) mass is 183 g/mol. The van der Waals surface area contributed by atoms with Gasteiger partial charge in [-0.3, -0.25) is 0 Å². The fourth-order valence-corrected chi connectivity index (χ4v) is 1.41. The van der Waals surface area contributed by atoms with Gasteiger partial charge in [0.1, 0.15) is 5.75 Å². The summed E-state index contributed by atoms with van der Waals surface area (Å²) >= 11 is 0. The maximum Gasteiger partial charge on any atom is 0.173 e. The molecule has 0 aliphatic heterocycles. The fraction of sp³-hybridized carbons (Fsp3) is 0.333. The van der Waals surface area contributed by atoms with E-state index >= 15 is 0 Å². The number of halogens is 1. The van der Waals surface area contributed by atoms with Crippen molar-refractivity contribution in [1.82, 2.24) is 0 Å². The van der Waals surface area contributed by atoms with Crippen LogP contribution in [0.5, 0.6) is 11.5 Å². The fourth-order valence-electron chi connectivity index (χ4n) is 1.41. The molecule has 2 rings (SSSR count). The average Bonchev–Trinajstić information content (AvgIpc) is 2.78. The van der Waals surface area contributed by atoms with Gasteiger partial charge in [-0.05, 0) is 25.0 Å². The molecule has 70 valence electrons. The van der Waals surface area contributed by atoms with Gasteiger partial charge in [0.25, 0.3) is 0 Å². The molecule has 0 amide bonds. The Balaban J connectivity index is 2.61. The minimum Gasteiger partial charge on any atom is -0.507 e. The smallest absolute Gasteiger partial charge is 0.173 e. The summed E-state index contributed by atoms with van der Waals surface area (Å²) < 4.78 is 13.3. The van der Waals surface area contributed by atoms with Gasteiger partial charge in [-0.2, -0.15) is 0 Å². The van der Waals surface area contributed by atoms with Gasteiger partial charge >= 0.3 is 0 Å². The van der Waals surface area contributed by atoms with Crippen molar-refractivity contribution in [3.8, 4) is 11.5 Å². The molecule has 1 aromatic rings. The predicted molar refractivity (Wildman–Crippen MR) is 44.8 cm³/mol. The van der Waals surface area contributed by atoms with Crippen molar-refractivity contribution in [3.63, 3.8) is 0 Å². The zero-order chi connectivity index (χ0) is 9.64. The van der Waals surface area contributed by atoms with Gasteiger partial charge in [0.2, 0.25) is 0 Å². The highest BCUT2D eigenvalue weighted by molar-refractivity contribution is 5.47. The van der Waals surface area contributed by atoms with Crippen LogP contribution in [-0.4, -0.2) is 10.2 Å². The Morgan fingerprint density at radius 2 is 1.77 bits per heavy atom. The summed E-state index contributed by atoms with van der Waals surface area (Å²) in [5.41, 5.74) is 4.99. The van der Waals surface area contributed by atoms with Crippen LogP contribution in [0.15, 0.2) is 12.1 Å². The second-order valence-electron chi connectivity index (χ2n) is 3.45. The molecule has 1 aliphatic carbocycles. The molecule has 0 atom stereocenters. The van der Waals surface area contributed by atoms with Gasteiger partial charge in [-0.15, -0.1) is 0 Å². The standard InChI is InChI=1S/C9H10FNO2/c10-8-6(13)2-1-5(12)7(8)9(11)3-4-9/h1-2,12-13H,3-4,11H2. The highest BCUT2D eigenvalue weighted by Gasteiger charge is 2.44. The van der Waals surface area contributed by atoms with Crippen LogP contribution < -0.4 is 5.73 Å². The van der Waals surface area contributed by atoms with E-state index in [4.69, 9.17) is 10.8 Å². The van der Waals surface area contributed by atoms with Crippen molar-refractivity contribution < 1.29 is 14.6 Å². The van der Waals surface area contributed by atoms with Gasteiger partial charge in [-0.1, -0.05) is 0 Å². The third kappa shape index (κ3) is 1.14. The second kappa shape index (κ2) is 2.35. The molecule has 13 heavy (non-hydrogen) atoms. The molecule has 0 saturated heterocycles. The topological polar surface area (TPSA) is 66.5 Å². The van der Waals surface area contributed by atoms with Crippen LogP contribution in [0.1, 0.15) is 18.4 Å². The van der Waals surface area contributed by atoms with Crippen LogP contribution in [-0.2, 0) is 5.54 Å². The second-order valence-corrected chi connectivity index (χ2v) is 3.45. The van der Waals surface area contributed by atoms with E-state index in [1.807, 2.05) is 0 Å². The minimum atomic E-state index is -0.806. The van der Waals surface area contributed by atoms with E-state index in [1.54, 1.807) is 0 Å². The van der Waals surface area contributed by atoms with Crippen LogP contribution >= 0.6 is 0 Å². The molecule has 1 aliphatic rings. The Labute approximate surface area is 74.6 Å². The van der Waals surface area contributed by atoms with E-state index in [0.717, 1.165) is 6.07 Å². The van der Waals surface area contributed by atoms with E-state index in [9.17, 15) is 9.50 Å². The summed E-state index contributed by atoms with van der Waals surface area (Å²) in [6.07, 6.45) is 1.28. The molecule has 4 N–H and O–H groups in total. The van der Waals surface area contributed by atoms with Crippen LogP contribution in [0.3, 0.4) is 0 Å². The predicted octanol–water partition coefficient (Wildman–Crippen LogP) is 1.18. The zero-order valence-electron chi connectivity index (χ0n) is 6.92. The Bertz CT molecular complexity index is 361. The number of rotatable bonds is 1. The van der Waals surface area contributed by atoms with Gasteiger partial charge in [0, 0.05) is 5.54 Å². The first-order valence-corrected chi connectivity index (χ1v) is 4.04. The maximum atomic E-state index is 13.3. The lowest BCUT2D eigenvalue weighted by molar-refractivity contribution is 0.404. The lowest BCUT2D eigenvalue weighted by Crippen LogP contribution is -2.20. The number of nitrogens with two attached hydrogens (primary N) is 1. The quantitative estimate of drug-likeness (QED) is 0.573. The molecule has 0 spiro atoms. The molecule has 0 unspecified atom stereocenters. The van der Waals surface area contributed by atoms with Gasteiger partial charge in [0.15, 0.2) is 11.6 Å². The maximum absolute atomic E-state index is 13.3. The summed E-state index contributed by atoms with van der Waals surface area (Å²) in [4.78, 5) is 0. The normalized spacial score (nSPS) is 18.6. The summed E-state index contributed by atoms with van der Waals surface area (Å²) in [5, 5.41) is 18.4.